The second-order valence-electron chi connectivity index (χ2n) is 6.48. The van der Waals surface area contributed by atoms with E-state index in [9.17, 15) is 14.4 Å². The van der Waals surface area contributed by atoms with Crippen LogP contribution in [0.5, 0.6) is 0 Å². The smallest absolute Gasteiger partial charge is 0.260 e. The van der Waals surface area contributed by atoms with E-state index in [1.807, 2.05) is 24.3 Å². The van der Waals surface area contributed by atoms with Crippen molar-refractivity contribution in [2.45, 2.75) is 6.42 Å². The molecule has 0 fully saturated rings. The number of anilines is 1. The van der Waals surface area contributed by atoms with Crippen LogP contribution in [0.1, 0.15) is 21.5 Å². The van der Waals surface area contributed by atoms with Crippen LogP contribution in [0.15, 0.2) is 53.1 Å². The maximum Gasteiger partial charge on any atom is 0.260 e. The molecule has 3 rings (SSSR count). The normalized spacial score (nSPS) is 14.6. The average Bonchev–Trinajstić information content (AvgIpc) is 2.61. The van der Waals surface area contributed by atoms with Crippen LogP contribution in [-0.2, 0) is 16.0 Å². The molecule has 0 unspecified atom stereocenters. The second-order valence-corrected chi connectivity index (χ2v) is 7.39. The number of carbonyl (C=O) groups is 3. The minimum absolute atomic E-state index is 0.0986. The number of carbonyl (C=O) groups excluding carboxylic acids is 3. The Labute approximate surface area is 170 Å². The first kappa shape index (κ1) is 19.8. The van der Waals surface area contributed by atoms with Gasteiger partial charge in [-0.25, -0.2) is 5.01 Å². The number of hydrogen-bond donors (Lipinski definition) is 3. The fourth-order valence-corrected chi connectivity index (χ4v) is 3.15. The van der Waals surface area contributed by atoms with Gasteiger partial charge in [0.15, 0.2) is 0 Å². The molecule has 0 atom stereocenters. The highest BCUT2D eigenvalue weighted by Crippen LogP contribution is 2.27. The Balaban J connectivity index is 1.76. The lowest BCUT2D eigenvalue weighted by molar-refractivity contribution is -0.124. The summed E-state index contributed by atoms with van der Waals surface area (Å²) < 4.78 is 0.778. The first-order valence-corrected chi connectivity index (χ1v) is 9.31. The molecule has 0 aliphatic carbocycles. The summed E-state index contributed by atoms with van der Waals surface area (Å²) in [6.07, 6.45) is 1.84. The van der Waals surface area contributed by atoms with E-state index in [0.29, 0.717) is 16.7 Å². The number of halogens is 1. The molecule has 0 saturated carbocycles. The Morgan fingerprint density at radius 1 is 1.07 bits per heavy atom. The SMILES string of the molecule is CN(C)NC(=O)Cc1ccc(N/C=C2\C(=O)NC(=O)c3ccc(Br)cc32)cc1. The van der Waals surface area contributed by atoms with Gasteiger partial charge in [0.25, 0.3) is 11.8 Å². The predicted molar refractivity (Wildman–Crippen MR) is 110 cm³/mol. The molecule has 0 saturated heterocycles. The number of hydrogen-bond acceptors (Lipinski definition) is 5. The summed E-state index contributed by atoms with van der Waals surface area (Å²) >= 11 is 3.37. The van der Waals surface area contributed by atoms with E-state index in [0.717, 1.165) is 15.7 Å². The van der Waals surface area contributed by atoms with Gasteiger partial charge in [-0.05, 0) is 35.9 Å². The van der Waals surface area contributed by atoms with Gasteiger partial charge in [-0.1, -0.05) is 28.1 Å². The molecule has 3 N–H and O–H groups in total. The molecule has 0 radical (unpaired) electrons. The summed E-state index contributed by atoms with van der Waals surface area (Å²) in [5.74, 6) is -0.969. The van der Waals surface area contributed by atoms with Gasteiger partial charge in [0, 0.05) is 41.6 Å². The summed E-state index contributed by atoms with van der Waals surface area (Å²) in [5, 5.41) is 7.01. The van der Waals surface area contributed by atoms with Crippen LogP contribution in [-0.4, -0.2) is 36.8 Å². The fourth-order valence-electron chi connectivity index (χ4n) is 2.79. The molecule has 0 spiro atoms. The Hall–Kier alpha value is -2.97. The van der Waals surface area contributed by atoms with Crippen LogP contribution in [0.25, 0.3) is 5.57 Å². The van der Waals surface area contributed by atoms with Crippen molar-refractivity contribution >= 4 is 44.9 Å². The standard InChI is InChI=1S/C20H19BrN4O3/c1-25(2)24-18(26)9-12-3-6-14(7-4-12)22-11-17-16-10-13(21)5-8-15(16)19(27)23-20(17)28/h3-8,10-11,22H,9H2,1-2H3,(H,24,26)(H,23,27,28)/b17-11-. The first-order chi connectivity index (χ1) is 13.3. The van der Waals surface area contributed by atoms with E-state index in [1.54, 1.807) is 43.5 Å². The van der Waals surface area contributed by atoms with Crippen LogP contribution in [0.4, 0.5) is 5.69 Å². The molecule has 0 aromatic heterocycles. The lowest BCUT2D eigenvalue weighted by atomic mass is 9.95. The molecule has 144 valence electrons. The van der Waals surface area contributed by atoms with Crippen LogP contribution < -0.4 is 16.1 Å². The Kier molecular flexibility index (Phi) is 5.91. The van der Waals surface area contributed by atoms with Gasteiger partial charge in [0.2, 0.25) is 5.91 Å². The minimum atomic E-state index is -0.458. The predicted octanol–water partition coefficient (Wildman–Crippen LogP) is 2.31. The second kappa shape index (κ2) is 8.37. The maximum absolute atomic E-state index is 12.3. The van der Waals surface area contributed by atoms with Gasteiger partial charge >= 0.3 is 0 Å². The summed E-state index contributed by atoms with van der Waals surface area (Å²) in [6.45, 7) is 0. The maximum atomic E-state index is 12.3. The largest absolute Gasteiger partial charge is 0.361 e. The fraction of sp³-hybridized carbons (Fsp3) is 0.150. The third kappa shape index (κ3) is 4.65. The third-order valence-electron chi connectivity index (χ3n) is 4.04. The molecular formula is C20H19BrN4O3. The van der Waals surface area contributed by atoms with Crippen molar-refractivity contribution in [3.63, 3.8) is 0 Å². The van der Waals surface area contributed by atoms with Crippen LogP contribution >= 0.6 is 15.9 Å². The molecule has 3 amide bonds. The van der Waals surface area contributed by atoms with Gasteiger partial charge in [-0.15, -0.1) is 0 Å². The molecule has 1 aliphatic rings. The molecule has 2 aromatic carbocycles. The number of amides is 3. The topological polar surface area (TPSA) is 90.5 Å². The highest BCUT2D eigenvalue weighted by atomic mass is 79.9. The lowest BCUT2D eigenvalue weighted by Crippen LogP contribution is -2.37. The number of rotatable bonds is 5. The number of imide groups is 1. The zero-order valence-corrected chi connectivity index (χ0v) is 17.0. The van der Waals surface area contributed by atoms with Gasteiger partial charge in [-0.3, -0.25) is 25.1 Å². The number of fused-ring (bicyclic) bond motifs is 1. The molecule has 2 aromatic rings. The number of nitrogens with one attached hydrogen (secondary N) is 3. The van der Waals surface area contributed by atoms with E-state index < -0.39 is 11.8 Å². The third-order valence-corrected chi connectivity index (χ3v) is 4.53. The molecule has 28 heavy (non-hydrogen) atoms. The minimum Gasteiger partial charge on any atom is -0.361 e. The molecule has 0 bridgehead atoms. The lowest BCUT2D eigenvalue weighted by Gasteiger charge is -2.18. The van der Waals surface area contributed by atoms with Crippen molar-refractivity contribution in [3.8, 4) is 0 Å². The molecule has 1 heterocycles. The Morgan fingerprint density at radius 2 is 1.79 bits per heavy atom. The summed E-state index contributed by atoms with van der Waals surface area (Å²) in [4.78, 5) is 36.0. The van der Waals surface area contributed by atoms with Gasteiger partial charge in [-0.2, -0.15) is 0 Å². The van der Waals surface area contributed by atoms with Gasteiger partial charge < -0.3 is 5.32 Å². The quantitative estimate of drug-likeness (QED) is 0.375. The molecule has 1 aliphatic heterocycles. The highest BCUT2D eigenvalue weighted by molar-refractivity contribution is 9.10. The summed E-state index contributed by atoms with van der Waals surface area (Å²) in [6, 6.07) is 12.5. The zero-order valence-electron chi connectivity index (χ0n) is 15.4. The van der Waals surface area contributed by atoms with Crippen molar-refractivity contribution < 1.29 is 14.4 Å². The van der Waals surface area contributed by atoms with Crippen molar-refractivity contribution in [1.82, 2.24) is 15.8 Å². The van der Waals surface area contributed by atoms with Crippen molar-refractivity contribution in [2.24, 2.45) is 0 Å². The van der Waals surface area contributed by atoms with Crippen molar-refractivity contribution in [1.29, 1.82) is 0 Å². The highest BCUT2D eigenvalue weighted by Gasteiger charge is 2.27. The Morgan fingerprint density at radius 3 is 2.46 bits per heavy atom. The van der Waals surface area contributed by atoms with E-state index >= 15 is 0 Å². The molecule has 8 heteroatoms. The van der Waals surface area contributed by atoms with Crippen LogP contribution in [0.3, 0.4) is 0 Å². The van der Waals surface area contributed by atoms with E-state index in [-0.39, 0.29) is 12.3 Å². The first-order valence-electron chi connectivity index (χ1n) is 8.51. The number of benzene rings is 2. The van der Waals surface area contributed by atoms with E-state index in [4.69, 9.17) is 0 Å². The Bertz CT molecular complexity index is 968. The number of nitrogens with zero attached hydrogens (tertiary/aromatic N) is 1. The summed E-state index contributed by atoms with van der Waals surface area (Å²) in [7, 11) is 3.51. The average molecular weight is 443 g/mol. The van der Waals surface area contributed by atoms with Gasteiger partial charge in [0.1, 0.15) is 0 Å². The summed E-state index contributed by atoms with van der Waals surface area (Å²) in [5.41, 5.74) is 5.68. The van der Waals surface area contributed by atoms with Crippen molar-refractivity contribution in [3.05, 3.63) is 69.8 Å². The number of hydrazine groups is 1. The van der Waals surface area contributed by atoms with Crippen LogP contribution in [0, 0.1) is 0 Å². The monoisotopic (exact) mass is 442 g/mol. The van der Waals surface area contributed by atoms with Crippen molar-refractivity contribution in [2.75, 3.05) is 19.4 Å². The van der Waals surface area contributed by atoms with Gasteiger partial charge in [0.05, 0.1) is 12.0 Å². The molecular weight excluding hydrogens is 424 g/mol. The molecule has 7 nitrogen and oxygen atoms in total. The van der Waals surface area contributed by atoms with Crippen LogP contribution in [0.2, 0.25) is 0 Å². The zero-order chi connectivity index (χ0) is 20.3. The van der Waals surface area contributed by atoms with E-state index in [1.165, 1.54) is 0 Å². The van der Waals surface area contributed by atoms with E-state index in [2.05, 4.69) is 32.0 Å².